The second-order valence-corrected chi connectivity index (χ2v) is 5.37. The molecule has 3 heteroatoms. The Morgan fingerprint density at radius 1 is 1.32 bits per heavy atom. The van der Waals surface area contributed by atoms with Gasteiger partial charge in [0.1, 0.15) is 5.82 Å². The van der Waals surface area contributed by atoms with Crippen molar-refractivity contribution in [1.29, 1.82) is 0 Å². The molecule has 2 aromatic rings. The molecule has 0 N–H and O–H groups in total. The number of aryl methyl sites for hydroxylation is 1. The van der Waals surface area contributed by atoms with Crippen LogP contribution in [0.3, 0.4) is 0 Å². The van der Waals surface area contributed by atoms with Gasteiger partial charge in [-0.15, -0.1) is 0 Å². The van der Waals surface area contributed by atoms with Gasteiger partial charge in [-0.2, -0.15) is 0 Å². The van der Waals surface area contributed by atoms with Crippen molar-refractivity contribution in [3.8, 4) is 0 Å². The monoisotopic (exact) mass is 258 g/mol. The maximum absolute atomic E-state index is 5.88. The number of hydrogen-bond donors (Lipinski definition) is 0. The van der Waals surface area contributed by atoms with Crippen LogP contribution in [0, 0.1) is 0 Å². The summed E-state index contributed by atoms with van der Waals surface area (Å²) in [6, 6.07) is 8.43. The van der Waals surface area contributed by atoms with E-state index in [1.54, 1.807) is 0 Å². The average Bonchev–Trinajstić information content (AvgIpc) is 2.79. The predicted octanol–water partition coefficient (Wildman–Crippen LogP) is 3.56. The number of ether oxygens (including phenoxy) is 1. The quantitative estimate of drug-likeness (QED) is 0.838. The first kappa shape index (κ1) is 12.7. The number of para-hydroxylation sites is 2. The van der Waals surface area contributed by atoms with E-state index in [9.17, 15) is 0 Å². The zero-order chi connectivity index (χ0) is 13.1. The Labute approximate surface area is 114 Å². The summed E-state index contributed by atoms with van der Waals surface area (Å²) in [6.45, 7) is 4.08. The van der Waals surface area contributed by atoms with Crippen LogP contribution in [0.25, 0.3) is 11.0 Å². The van der Waals surface area contributed by atoms with Crippen LogP contribution in [0.5, 0.6) is 0 Å². The highest BCUT2D eigenvalue weighted by molar-refractivity contribution is 5.75. The van der Waals surface area contributed by atoms with E-state index in [0.717, 1.165) is 31.5 Å². The van der Waals surface area contributed by atoms with Gasteiger partial charge in [0, 0.05) is 13.0 Å². The zero-order valence-electron chi connectivity index (χ0n) is 11.6. The van der Waals surface area contributed by atoms with E-state index in [1.165, 1.54) is 30.6 Å². The lowest BCUT2D eigenvalue weighted by molar-refractivity contribution is 0.00618. The van der Waals surface area contributed by atoms with Crippen molar-refractivity contribution in [2.45, 2.75) is 51.7 Å². The molecule has 0 radical (unpaired) electrons. The van der Waals surface area contributed by atoms with Crippen molar-refractivity contribution >= 4 is 11.0 Å². The van der Waals surface area contributed by atoms with Crippen molar-refractivity contribution in [3.63, 3.8) is 0 Å². The van der Waals surface area contributed by atoms with Crippen molar-refractivity contribution in [1.82, 2.24) is 9.55 Å². The molecule has 0 aliphatic carbocycles. The highest BCUT2D eigenvalue weighted by Gasteiger charge is 2.18. The SMILES string of the molecule is CCCc1nc2ccccc2n1CC1CCCCO1. The molecule has 2 heterocycles. The standard InChI is InChI=1S/C16H22N2O/c1-2-7-16-17-14-9-3-4-10-15(14)18(16)12-13-8-5-6-11-19-13/h3-4,9-10,13H,2,5-8,11-12H2,1H3. The smallest absolute Gasteiger partial charge is 0.109 e. The minimum Gasteiger partial charge on any atom is -0.376 e. The van der Waals surface area contributed by atoms with Crippen molar-refractivity contribution in [3.05, 3.63) is 30.1 Å². The van der Waals surface area contributed by atoms with Crippen LogP contribution in [-0.2, 0) is 17.7 Å². The molecule has 3 nitrogen and oxygen atoms in total. The lowest BCUT2D eigenvalue weighted by Gasteiger charge is -2.24. The van der Waals surface area contributed by atoms with Crippen molar-refractivity contribution < 1.29 is 4.74 Å². The van der Waals surface area contributed by atoms with E-state index in [4.69, 9.17) is 9.72 Å². The predicted molar refractivity (Wildman–Crippen MR) is 77.3 cm³/mol. The normalized spacial score (nSPS) is 19.9. The highest BCUT2D eigenvalue weighted by Crippen LogP contribution is 2.21. The summed E-state index contributed by atoms with van der Waals surface area (Å²) >= 11 is 0. The third-order valence-electron chi connectivity index (χ3n) is 3.87. The van der Waals surface area contributed by atoms with Crippen LogP contribution in [0.1, 0.15) is 38.4 Å². The molecule has 0 amide bonds. The Hall–Kier alpha value is -1.35. The minimum absolute atomic E-state index is 0.363. The molecular weight excluding hydrogens is 236 g/mol. The Morgan fingerprint density at radius 2 is 2.21 bits per heavy atom. The summed E-state index contributed by atoms with van der Waals surface area (Å²) in [4.78, 5) is 4.78. The Bertz CT molecular complexity index is 541. The molecule has 1 aliphatic rings. The molecule has 1 saturated heterocycles. The summed E-state index contributed by atoms with van der Waals surface area (Å²) in [5, 5.41) is 0. The number of benzene rings is 1. The first-order chi connectivity index (χ1) is 9.38. The van der Waals surface area contributed by atoms with Gasteiger partial charge in [-0.1, -0.05) is 19.1 Å². The van der Waals surface area contributed by atoms with Crippen LogP contribution in [0.2, 0.25) is 0 Å². The lowest BCUT2D eigenvalue weighted by atomic mass is 10.1. The Kier molecular flexibility index (Phi) is 3.83. The summed E-state index contributed by atoms with van der Waals surface area (Å²) in [5.41, 5.74) is 2.36. The van der Waals surface area contributed by atoms with Crippen LogP contribution in [-0.4, -0.2) is 22.3 Å². The fourth-order valence-corrected chi connectivity index (χ4v) is 2.90. The van der Waals surface area contributed by atoms with Crippen LogP contribution >= 0.6 is 0 Å². The Balaban J connectivity index is 1.92. The fraction of sp³-hybridized carbons (Fsp3) is 0.562. The molecular formula is C16H22N2O. The topological polar surface area (TPSA) is 27.1 Å². The minimum atomic E-state index is 0.363. The van der Waals surface area contributed by atoms with Gasteiger partial charge in [0.2, 0.25) is 0 Å². The number of rotatable bonds is 4. The molecule has 1 atom stereocenters. The molecule has 3 rings (SSSR count). The number of nitrogens with zero attached hydrogens (tertiary/aromatic N) is 2. The summed E-state index contributed by atoms with van der Waals surface area (Å²) in [6.07, 6.45) is 6.22. The average molecular weight is 258 g/mol. The van der Waals surface area contributed by atoms with Gasteiger partial charge >= 0.3 is 0 Å². The molecule has 1 aromatic carbocycles. The van der Waals surface area contributed by atoms with Crippen molar-refractivity contribution in [2.24, 2.45) is 0 Å². The van der Waals surface area contributed by atoms with Gasteiger partial charge in [-0.3, -0.25) is 0 Å². The molecule has 19 heavy (non-hydrogen) atoms. The maximum atomic E-state index is 5.88. The van der Waals surface area contributed by atoms with Crippen LogP contribution in [0.15, 0.2) is 24.3 Å². The van der Waals surface area contributed by atoms with E-state index >= 15 is 0 Å². The van der Waals surface area contributed by atoms with E-state index < -0.39 is 0 Å². The van der Waals surface area contributed by atoms with Crippen LogP contribution < -0.4 is 0 Å². The highest BCUT2D eigenvalue weighted by atomic mass is 16.5. The van der Waals surface area contributed by atoms with E-state index in [1.807, 2.05) is 0 Å². The molecule has 0 saturated carbocycles. The molecule has 0 bridgehead atoms. The molecule has 0 spiro atoms. The van der Waals surface area contributed by atoms with Gasteiger partial charge in [0.25, 0.3) is 0 Å². The lowest BCUT2D eigenvalue weighted by Crippen LogP contribution is -2.25. The second-order valence-electron chi connectivity index (χ2n) is 5.37. The molecule has 1 fully saturated rings. The van der Waals surface area contributed by atoms with Gasteiger partial charge in [0.05, 0.1) is 23.7 Å². The first-order valence-electron chi connectivity index (χ1n) is 7.44. The van der Waals surface area contributed by atoms with E-state index in [-0.39, 0.29) is 0 Å². The molecule has 1 aromatic heterocycles. The fourth-order valence-electron chi connectivity index (χ4n) is 2.90. The summed E-state index contributed by atoms with van der Waals surface area (Å²) < 4.78 is 8.25. The van der Waals surface area contributed by atoms with Crippen molar-refractivity contribution in [2.75, 3.05) is 6.61 Å². The van der Waals surface area contributed by atoms with Gasteiger partial charge in [-0.25, -0.2) is 4.98 Å². The third kappa shape index (κ3) is 2.66. The van der Waals surface area contributed by atoms with E-state index in [0.29, 0.717) is 6.10 Å². The second kappa shape index (κ2) is 5.74. The van der Waals surface area contributed by atoms with E-state index in [2.05, 4.69) is 35.8 Å². The molecule has 102 valence electrons. The van der Waals surface area contributed by atoms with Gasteiger partial charge in [-0.05, 0) is 37.8 Å². The largest absolute Gasteiger partial charge is 0.376 e. The van der Waals surface area contributed by atoms with Gasteiger partial charge in [0.15, 0.2) is 0 Å². The summed E-state index contributed by atoms with van der Waals surface area (Å²) in [7, 11) is 0. The number of aromatic nitrogens is 2. The maximum Gasteiger partial charge on any atom is 0.109 e. The first-order valence-corrected chi connectivity index (χ1v) is 7.44. The van der Waals surface area contributed by atoms with Gasteiger partial charge < -0.3 is 9.30 Å². The van der Waals surface area contributed by atoms with Crippen LogP contribution in [0.4, 0.5) is 0 Å². The number of hydrogen-bond acceptors (Lipinski definition) is 2. The zero-order valence-corrected chi connectivity index (χ0v) is 11.6. The molecule has 1 unspecified atom stereocenters. The number of imidazole rings is 1. The summed E-state index contributed by atoms with van der Waals surface area (Å²) in [5.74, 6) is 1.21. The Morgan fingerprint density at radius 3 is 3.00 bits per heavy atom. The number of fused-ring (bicyclic) bond motifs is 1. The third-order valence-corrected chi connectivity index (χ3v) is 3.87. The molecule has 1 aliphatic heterocycles.